The standard InChI is InChI=1S/C19H17ClF6N2O.2ClH/c20-15-10-13(9-14(11-15)18(21,22)23)17(28-7-5-27-6-8-28)12-1-3-16(4-2-12)29-19(24,25)26;;/h1-4,9-11,17,27H,5-8H2;2*1H/t17-;;/m1../s1. The molecule has 0 bridgehead atoms. The van der Waals surface area contributed by atoms with Crippen LogP contribution in [0.3, 0.4) is 0 Å². The van der Waals surface area contributed by atoms with Gasteiger partial charge in [0.05, 0.1) is 11.6 Å². The van der Waals surface area contributed by atoms with Crippen LogP contribution in [-0.2, 0) is 6.18 Å². The van der Waals surface area contributed by atoms with Crippen molar-refractivity contribution in [1.82, 2.24) is 10.2 Å². The predicted octanol–water partition coefficient (Wildman–Crippen LogP) is 6.10. The molecule has 1 N–H and O–H groups in total. The summed E-state index contributed by atoms with van der Waals surface area (Å²) in [7, 11) is 0. The second-order valence-corrected chi connectivity index (χ2v) is 7.01. The molecule has 1 fully saturated rings. The van der Waals surface area contributed by atoms with E-state index in [9.17, 15) is 26.3 Å². The molecule has 12 heteroatoms. The van der Waals surface area contributed by atoms with Gasteiger partial charge in [-0.25, -0.2) is 0 Å². The predicted molar refractivity (Wildman–Crippen MR) is 110 cm³/mol. The van der Waals surface area contributed by atoms with Gasteiger partial charge < -0.3 is 10.1 Å². The molecular formula is C19H19Cl3F6N2O. The number of nitrogens with zero attached hydrogens (tertiary/aromatic N) is 1. The van der Waals surface area contributed by atoms with E-state index in [-0.39, 0.29) is 29.8 Å². The van der Waals surface area contributed by atoms with Crippen LogP contribution in [0.4, 0.5) is 26.3 Å². The zero-order chi connectivity index (χ0) is 21.2. The molecule has 0 saturated carbocycles. The molecule has 1 aliphatic heterocycles. The number of nitrogens with one attached hydrogen (secondary N) is 1. The summed E-state index contributed by atoms with van der Waals surface area (Å²) < 4.78 is 80.9. The number of benzene rings is 2. The van der Waals surface area contributed by atoms with Crippen LogP contribution in [0.15, 0.2) is 42.5 Å². The number of hydrogen-bond donors (Lipinski definition) is 1. The lowest BCUT2D eigenvalue weighted by Crippen LogP contribution is -2.45. The SMILES string of the molecule is Cl.Cl.FC(F)(F)Oc1ccc([C@H](c2cc(Cl)cc(C(F)(F)F)c2)N2CCNCC2)cc1. The number of alkyl halides is 6. The number of ether oxygens (including phenoxy) is 1. The highest BCUT2D eigenvalue weighted by Crippen LogP contribution is 2.37. The minimum atomic E-state index is -4.83. The topological polar surface area (TPSA) is 24.5 Å². The van der Waals surface area contributed by atoms with E-state index in [4.69, 9.17) is 11.6 Å². The third-order valence-corrected chi connectivity index (χ3v) is 4.73. The summed E-state index contributed by atoms with van der Waals surface area (Å²) in [5, 5.41) is 3.10. The molecule has 0 unspecified atom stereocenters. The molecule has 1 aliphatic rings. The zero-order valence-electron chi connectivity index (χ0n) is 15.8. The van der Waals surface area contributed by atoms with Gasteiger partial charge >= 0.3 is 12.5 Å². The molecule has 174 valence electrons. The van der Waals surface area contributed by atoms with E-state index in [0.29, 0.717) is 37.3 Å². The zero-order valence-corrected chi connectivity index (χ0v) is 18.2. The smallest absolute Gasteiger partial charge is 0.406 e. The quantitative estimate of drug-likeness (QED) is 0.503. The second-order valence-electron chi connectivity index (χ2n) is 6.58. The molecule has 2 aromatic carbocycles. The van der Waals surface area contributed by atoms with Crippen LogP contribution < -0.4 is 10.1 Å². The van der Waals surface area contributed by atoms with Gasteiger partial charge in [0.2, 0.25) is 0 Å². The Morgan fingerprint density at radius 3 is 1.97 bits per heavy atom. The van der Waals surface area contributed by atoms with E-state index in [2.05, 4.69) is 10.1 Å². The van der Waals surface area contributed by atoms with Crippen molar-refractivity contribution < 1.29 is 31.1 Å². The van der Waals surface area contributed by atoms with Gasteiger partial charge in [0, 0.05) is 31.2 Å². The lowest BCUT2D eigenvalue weighted by Gasteiger charge is -2.36. The van der Waals surface area contributed by atoms with Gasteiger partial charge in [0.25, 0.3) is 0 Å². The number of hydrogen-bond acceptors (Lipinski definition) is 3. The fourth-order valence-electron chi connectivity index (χ4n) is 3.34. The van der Waals surface area contributed by atoms with Gasteiger partial charge in [-0.2, -0.15) is 13.2 Å². The third-order valence-electron chi connectivity index (χ3n) is 4.51. The number of rotatable bonds is 4. The first kappa shape index (κ1) is 27.6. The van der Waals surface area contributed by atoms with Gasteiger partial charge in [-0.15, -0.1) is 38.0 Å². The average Bonchev–Trinajstić information content (AvgIpc) is 2.62. The van der Waals surface area contributed by atoms with E-state index in [1.807, 2.05) is 4.90 Å². The van der Waals surface area contributed by atoms with E-state index in [1.165, 1.54) is 18.2 Å². The highest BCUT2D eigenvalue weighted by molar-refractivity contribution is 6.30. The van der Waals surface area contributed by atoms with E-state index >= 15 is 0 Å². The molecule has 31 heavy (non-hydrogen) atoms. The Morgan fingerprint density at radius 1 is 0.871 bits per heavy atom. The summed E-state index contributed by atoms with van der Waals surface area (Å²) in [5.41, 5.74) is -0.0230. The van der Waals surface area contributed by atoms with Crippen LogP contribution in [0.25, 0.3) is 0 Å². The normalized spacial score (nSPS) is 16.1. The van der Waals surface area contributed by atoms with Crippen molar-refractivity contribution in [2.24, 2.45) is 0 Å². The molecule has 0 aliphatic carbocycles. The maximum absolute atomic E-state index is 13.3. The van der Waals surface area contributed by atoms with Crippen molar-refractivity contribution in [2.45, 2.75) is 18.6 Å². The number of piperazine rings is 1. The number of halogens is 9. The van der Waals surface area contributed by atoms with Crippen molar-refractivity contribution in [2.75, 3.05) is 26.2 Å². The minimum absolute atomic E-state index is 0. The molecule has 0 radical (unpaired) electrons. The van der Waals surface area contributed by atoms with E-state index in [0.717, 1.165) is 24.3 Å². The van der Waals surface area contributed by atoms with Crippen molar-refractivity contribution in [3.8, 4) is 5.75 Å². The van der Waals surface area contributed by atoms with Crippen LogP contribution in [0, 0.1) is 0 Å². The summed E-state index contributed by atoms with van der Waals surface area (Å²) in [6.45, 7) is 2.38. The molecule has 0 spiro atoms. The lowest BCUT2D eigenvalue weighted by atomic mass is 9.94. The molecule has 3 rings (SSSR count). The molecule has 0 aromatic heterocycles. The first-order valence-electron chi connectivity index (χ1n) is 8.71. The molecule has 3 nitrogen and oxygen atoms in total. The minimum Gasteiger partial charge on any atom is -0.406 e. The van der Waals surface area contributed by atoms with Gasteiger partial charge in [-0.3, -0.25) is 4.90 Å². The Morgan fingerprint density at radius 2 is 1.45 bits per heavy atom. The van der Waals surface area contributed by atoms with Gasteiger partial charge in [-0.1, -0.05) is 23.7 Å². The van der Waals surface area contributed by atoms with Crippen molar-refractivity contribution >= 4 is 36.4 Å². The Bertz CT molecular complexity index is 840. The molecule has 1 atom stereocenters. The van der Waals surface area contributed by atoms with E-state index < -0.39 is 29.9 Å². The summed E-state index contributed by atoms with van der Waals surface area (Å²) >= 11 is 5.95. The lowest BCUT2D eigenvalue weighted by molar-refractivity contribution is -0.274. The fraction of sp³-hybridized carbons (Fsp3) is 0.368. The Balaban J connectivity index is 0.00000240. The van der Waals surface area contributed by atoms with Crippen molar-refractivity contribution in [3.63, 3.8) is 0 Å². The van der Waals surface area contributed by atoms with Crippen LogP contribution in [-0.4, -0.2) is 37.4 Å². The fourth-order valence-corrected chi connectivity index (χ4v) is 3.58. The largest absolute Gasteiger partial charge is 0.573 e. The Hall–Kier alpha value is -1.39. The van der Waals surface area contributed by atoms with Crippen LogP contribution >= 0.6 is 36.4 Å². The van der Waals surface area contributed by atoms with Gasteiger partial charge in [0.1, 0.15) is 5.75 Å². The third kappa shape index (κ3) is 7.61. The molecular weight excluding hydrogens is 493 g/mol. The van der Waals surface area contributed by atoms with Crippen molar-refractivity contribution in [3.05, 3.63) is 64.2 Å². The summed E-state index contributed by atoms with van der Waals surface area (Å²) in [6.07, 6.45) is -9.40. The second kappa shape index (κ2) is 11.0. The Labute approximate surface area is 192 Å². The van der Waals surface area contributed by atoms with Crippen LogP contribution in [0.5, 0.6) is 5.75 Å². The van der Waals surface area contributed by atoms with Crippen LogP contribution in [0.1, 0.15) is 22.7 Å². The van der Waals surface area contributed by atoms with Gasteiger partial charge in [0.15, 0.2) is 0 Å². The average molecular weight is 512 g/mol. The highest BCUT2D eigenvalue weighted by Gasteiger charge is 2.34. The van der Waals surface area contributed by atoms with E-state index in [1.54, 1.807) is 0 Å². The molecule has 2 aromatic rings. The first-order valence-corrected chi connectivity index (χ1v) is 9.09. The first-order chi connectivity index (χ1) is 13.5. The summed E-state index contributed by atoms with van der Waals surface area (Å²) in [5.74, 6) is -0.401. The maximum atomic E-state index is 13.3. The monoisotopic (exact) mass is 510 g/mol. The maximum Gasteiger partial charge on any atom is 0.573 e. The highest BCUT2D eigenvalue weighted by atomic mass is 35.5. The molecule has 1 saturated heterocycles. The molecule has 0 amide bonds. The van der Waals surface area contributed by atoms with Gasteiger partial charge in [-0.05, 0) is 41.5 Å². The van der Waals surface area contributed by atoms with Crippen molar-refractivity contribution in [1.29, 1.82) is 0 Å². The summed E-state index contributed by atoms with van der Waals surface area (Å²) in [4.78, 5) is 1.96. The Kier molecular flexibility index (Phi) is 9.77. The van der Waals surface area contributed by atoms with Crippen LogP contribution in [0.2, 0.25) is 5.02 Å². The molecule has 1 heterocycles. The summed E-state index contributed by atoms with van der Waals surface area (Å²) in [6, 6.07) is 7.85.